The number of nitrogens with zero attached hydrogens (tertiary/aromatic N) is 2. The second-order valence-corrected chi connectivity index (χ2v) is 7.18. The maximum Gasteiger partial charge on any atom is 0.195 e. The first-order chi connectivity index (χ1) is 13.6. The van der Waals surface area contributed by atoms with Crippen LogP contribution in [0.3, 0.4) is 0 Å². The zero-order valence-corrected chi connectivity index (χ0v) is 17.2. The summed E-state index contributed by atoms with van der Waals surface area (Å²) >= 11 is 0. The summed E-state index contributed by atoms with van der Waals surface area (Å²) in [4.78, 5) is 6.56. The Bertz CT molecular complexity index is 803. The van der Waals surface area contributed by atoms with Crippen LogP contribution >= 0.6 is 0 Å². The van der Waals surface area contributed by atoms with Gasteiger partial charge in [-0.1, -0.05) is 29.8 Å². The Kier molecular flexibility index (Phi) is 6.76. The first-order valence-corrected chi connectivity index (χ1v) is 9.67. The number of nitrogens with one attached hydrogen (secondary N) is 2. The lowest BCUT2D eigenvalue weighted by Crippen LogP contribution is -2.38. The topological polar surface area (TPSA) is 58.1 Å². The fraction of sp³-hybridized carbons (Fsp3) is 0.409. The molecular weight excluding hydrogens is 352 g/mol. The van der Waals surface area contributed by atoms with Gasteiger partial charge in [0.2, 0.25) is 0 Å². The molecule has 0 aliphatic carbocycles. The number of hydrogen-bond acceptors (Lipinski definition) is 4. The number of hydrogen-bond donors (Lipinski definition) is 2. The molecule has 150 valence electrons. The van der Waals surface area contributed by atoms with Gasteiger partial charge in [0.05, 0.1) is 19.3 Å². The van der Waals surface area contributed by atoms with Crippen molar-refractivity contribution in [1.29, 1.82) is 0 Å². The zero-order chi connectivity index (χ0) is 19.9. The molecule has 6 heteroatoms. The second-order valence-electron chi connectivity index (χ2n) is 7.18. The molecule has 1 aliphatic heterocycles. The van der Waals surface area contributed by atoms with Crippen molar-refractivity contribution < 1.29 is 9.47 Å². The van der Waals surface area contributed by atoms with E-state index in [0.29, 0.717) is 19.2 Å². The van der Waals surface area contributed by atoms with Crippen LogP contribution in [0.2, 0.25) is 0 Å². The SMILES string of the molecule is CN=C(NCC(c1ccc(C)cc1)N(C)C)Nc1ccc2c(c1)OCCCO2. The van der Waals surface area contributed by atoms with E-state index >= 15 is 0 Å². The van der Waals surface area contributed by atoms with Crippen molar-refractivity contribution in [3.63, 3.8) is 0 Å². The molecular formula is C22H30N4O2. The van der Waals surface area contributed by atoms with Gasteiger partial charge in [-0.3, -0.25) is 4.99 Å². The predicted octanol–water partition coefficient (Wildman–Crippen LogP) is 3.45. The fourth-order valence-electron chi connectivity index (χ4n) is 3.14. The van der Waals surface area contributed by atoms with Crippen LogP contribution in [0.5, 0.6) is 11.5 Å². The third-order valence-electron chi connectivity index (χ3n) is 4.78. The van der Waals surface area contributed by atoms with E-state index in [1.54, 1.807) is 7.05 Å². The van der Waals surface area contributed by atoms with Gasteiger partial charge in [0.1, 0.15) is 0 Å². The number of guanidine groups is 1. The van der Waals surface area contributed by atoms with E-state index in [9.17, 15) is 0 Å². The minimum Gasteiger partial charge on any atom is -0.490 e. The van der Waals surface area contributed by atoms with Crippen LogP contribution in [0, 0.1) is 6.92 Å². The van der Waals surface area contributed by atoms with Gasteiger partial charge in [-0.05, 0) is 38.7 Å². The number of benzene rings is 2. The quantitative estimate of drug-likeness (QED) is 0.613. The molecule has 1 aliphatic rings. The number of likely N-dealkylation sites (N-methyl/N-ethyl adjacent to an activating group) is 1. The van der Waals surface area contributed by atoms with Crippen molar-refractivity contribution in [3.8, 4) is 11.5 Å². The molecule has 0 fully saturated rings. The van der Waals surface area contributed by atoms with E-state index in [1.165, 1.54) is 11.1 Å². The lowest BCUT2D eigenvalue weighted by Gasteiger charge is -2.26. The summed E-state index contributed by atoms with van der Waals surface area (Å²) in [5.41, 5.74) is 3.45. The van der Waals surface area contributed by atoms with Gasteiger partial charge in [-0.25, -0.2) is 0 Å². The van der Waals surface area contributed by atoms with E-state index in [0.717, 1.165) is 30.2 Å². The molecule has 28 heavy (non-hydrogen) atoms. The number of rotatable bonds is 5. The maximum absolute atomic E-state index is 5.77. The molecule has 2 N–H and O–H groups in total. The van der Waals surface area contributed by atoms with Crippen LogP contribution in [0.25, 0.3) is 0 Å². The molecule has 6 nitrogen and oxygen atoms in total. The molecule has 0 radical (unpaired) electrons. The molecule has 1 atom stereocenters. The Morgan fingerprint density at radius 3 is 2.46 bits per heavy atom. The highest BCUT2D eigenvalue weighted by Gasteiger charge is 2.15. The highest BCUT2D eigenvalue weighted by atomic mass is 16.5. The third kappa shape index (κ3) is 5.16. The summed E-state index contributed by atoms with van der Waals surface area (Å²) in [5.74, 6) is 2.27. The Morgan fingerprint density at radius 2 is 1.79 bits per heavy atom. The predicted molar refractivity (Wildman–Crippen MR) is 115 cm³/mol. The van der Waals surface area contributed by atoms with Crippen molar-refractivity contribution in [2.24, 2.45) is 4.99 Å². The van der Waals surface area contributed by atoms with E-state index in [-0.39, 0.29) is 6.04 Å². The second kappa shape index (κ2) is 9.46. The number of aliphatic imine (C=N–C) groups is 1. The van der Waals surface area contributed by atoms with Crippen LogP contribution in [0.1, 0.15) is 23.6 Å². The summed E-state index contributed by atoms with van der Waals surface area (Å²) < 4.78 is 11.5. The van der Waals surface area contributed by atoms with Crippen molar-refractivity contribution in [1.82, 2.24) is 10.2 Å². The average Bonchev–Trinajstić information content (AvgIpc) is 2.93. The van der Waals surface area contributed by atoms with Crippen molar-refractivity contribution in [3.05, 3.63) is 53.6 Å². The summed E-state index contributed by atoms with van der Waals surface area (Å²) in [5, 5.41) is 6.77. The monoisotopic (exact) mass is 382 g/mol. The largest absolute Gasteiger partial charge is 0.490 e. The normalized spacial score (nSPS) is 15.1. The molecule has 0 amide bonds. The van der Waals surface area contributed by atoms with E-state index < -0.39 is 0 Å². The number of ether oxygens (including phenoxy) is 2. The Morgan fingerprint density at radius 1 is 1.07 bits per heavy atom. The Hall–Kier alpha value is -2.73. The van der Waals surface area contributed by atoms with E-state index in [4.69, 9.17) is 9.47 Å². The van der Waals surface area contributed by atoms with Gasteiger partial charge in [-0.15, -0.1) is 0 Å². The van der Waals surface area contributed by atoms with Crippen LogP contribution in [0.4, 0.5) is 5.69 Å². The number of aryl methyl sites for hydroxylation is 1. The smallest absolute Gasteiger partial charge is 0.195 e. The minimum atomic E-state index is 0.239. The van der Waals surface area contributed by atoms with Crippen LogP contribution in [-0.4, -0.2) is 51.8 Å². The van der Waals surface area contributed by atoms with Gasteiger partial charge in [0.25, 0.3) is 0 Å². The molecule has 0 aromatic heterocycles. The van der Waals surface area contributed by atoms with E-state index in [1.807, 2.05) is 18.2 Å². The molecule has 1 heterocycles. The summed E-state index contributed by atoms with van der Waals surface area (Å²) in [6.45, 7) is 4.20. The zero-order valence-electron chi connectivity index (χ0n) is 17.2. The highest BCUT2D eigenvalue weighted by molar-refractivity contribution is 5.93. The van der Waals surface area contributed by atoms with E-state index in [2.05, 4.69) is 65.8 Å². The van der Waals surface area contributed by atoms with Crippen LogP contribution < -0.4 is 20.1 Å². The number of anilines is 1. The minimum absolute atomic E-state index is 0.239. The standard InChI is InChI=1S/C22H30N4O2/c1-16-6-8-17(9-7-16)19(26(3)4)15-24-22(23-2)25-18-10-11-20-21(14-18)28-13-5-12-27-20/h6-11,14,19H,5,12-13,15H2,1-4H3,(H2,23,24,25). The Labute approximate surface area is 167 Å². The summed E-state index contributed by atoms with van der Waals surface area (Å²) in [7, 11) is 5.95. The molecule has 0 bridgehead atoms. The Balaban J connectivity index is 1.65. The van der Waals surface area contributed by atoms with Crippen LogP contribution in [0.15, 0.2) is 47.5 Å². The molecule has 2 aromatic carbocycles. The van der Waals surface area contributed by atoms with Crippen molar-refractivity contribution in [2.75, 3.05) is 46.2 Å². The highest BCUT2D eigenvalue weighted by Crippen LogP contribution is 2.32. The van der Waals surface area contributed by atoms with Gasteiger partial charge >= 0.3 is 0 Å². The average molecular weight is 383 g/mol. The van der Waals surface area contributed by atoms with Gasteiger partial charge in [0, 0.05) is 31.8 Å². The lowest BCUT2D eigenvalue weighted by molar-refractivity contribution is 0.297. The molecule has 0 spiro atoms. The number of fused-ring (bicyclic) bond motifs is 1. The molecule has 1 unspecified atom stereocenters. The van der Waals surface area contributed by atoms with Gasteiger partial charge < -0.3 is 25.0 Å². The summed E-state index contributed by atoms with van der Waals surface area (Å²) in [6.07, 6.45) is 0.894. The first-order valence-electron chi connectivity index (χ1n) is 9.67. The van der Waals surface area contributed by atoms with Gasteiger partial charge in [0.15, 0.2) is 17.5 Å². The maximum atomic E-state index is 5.77. The van der Waals surface area contributed by atoms with Gasteiger partial charge in [-0.2, -0.15) is 0 Å². The van der Waals surface area contributed by atoms with Crippen molar-refractivity contribution in [2.45, 2.75) is 19.4 Å². The van der Waals surface area contributed by atoms with Crippen molar-refractivity contribution >= 4 is 11.6 Å². The third-order valence-corrected chi connectivity index (χ3v) is 4.78. The summed E-state index contributed by atoms with van der Waals surface area (Å²) in [6, 6.07) is 14.8. The molecule has 2 aromatic rings. The fourth-order valence-corrected chi connectivity index (χ4v) is 3.14. The van der Waals surface area contributed by atoms with Crippen LogP contribution in [-0.2, 0) is 0 Å². The lowest BCUT2D eigenvalue weighted by atomic mass is 10.0. The molecule has 0 saturated carbocycles. The molecule has 3 rings (SSSR count). The molecule has 0 saturated heterocycles. The first kappa shape index (κ1) is 20.0.